The Labute approximate surface area is 137 Å². The van der Waals surface area contributed by atoms with Gasteiger partial charge >= 0.3 is 5.69 Å². The summed E-state index contributed by atoms with van der Waals surface area (Å²) in [6, 6.07) is 0. The van der Waals surface area contributed by atoms with Crippen molar-refractivity contribution in [1.29, 1.82) is 0 Å². The highest BCUT2D eigenvalue weighted by atomic mass is 32.2. The molecule has 0 N–H and O–H groups in total. The van der Waals surface area contributed by atoms with Crippen molar-refractivity contribution in [1.82, 2.24) is 18.7 Å². The maximum atomic E-state index is 12.3. The molecule has 23 heavy (non-hydrogen) atoms. The smallest absolute Gasteiger partial charge is 0.345 e. The van der Waals surface area contributed by atoms with Crippen molar-refractivity contribution in [3.05, 3.63) is 16.3 Å². The number of hydrogen-bond acceptors (Lipinski definition) is 5. The van der Waals surface area contributed by atoms with Crippen molar-refractivity contribution in [2.24, 2.45) is 0 Å². The Bertz CT molecular complexity index is 671. The van der Waals surface area contributed by atoms with Crippen molar-refractivity contribution >= 4 is 10.0 Å². The molecule has 0 bridgehead atoms. The standard InChI is InChI=1S/C14H26N4O4S/c1-4-17-13(15-18(14(17)19)10-11-22-3)12-6-8-16(9-7-12)23(20,21)5-2/h12H,4-11H2,1-3H3. The number of ether oxygens (including phenoxy) is 1. The van der Waals surface area contributed by atoms with Crippen molar-refractivity contribution < 1.29 is 13.2 Å². The van der Waals surface area contributed by atoms with Crippen LogP contribution < -0.4 is 5.69 Å². The number of aromatic nitrogens is 3. The zero-order valence-corrected chi connectivity index (χ0v) is 14.9. The van der Waals surface area contributed by atoms with Gasteiger partial charge in [-0.25, -0.2) is 22.2 Å². The molecule has 9 heteroatoms. The second-order valence-corrected chi connectivity index (χ2v) is 7.93. The first-order valence-corrected chi connectivity index (χ1v) is 9.69. The van der Waals surface area contributed by atoms with Crippen LogP contribution in [-0.4, -0.2) is 59.6 Å². The molecule has 1 aliphatic rings. The molecular formula is C14H26N4O4S. The van der Waals surface area contributed by atoms with Crippen LogP contribution in [0.3, 0.4) is 0 Å². The van der Waals surface area contributed by atoms with Gasteiger partial charge in [-0.15, -0.1) is 0 Å². The fourth-order valence-electron chi connectivity index (χ4n) is 2.96. The van der Waals surface area contributed by atoms with E-state index < -0.39 is 10.0 Å². The van der Waals surface area contributed by atoms with Gasteiger partial charge in [0.15, 0.2) is 0 Å². The molecule has 0 saturated carbocycles. The third-order valence-electron chi connectivity index (χ3n) is 4.35. The Balaban J connectivity index is 2.16. The SMILES string of the molecule is CCn1c(C2CCN(S(=O)(=O)CC)CC2)nn(CCOC)c1=O. The summed E-state index contributed by atoms with van der Waals surface area (Å²) >= 11 is 0. The van der Waals surface area contributed by atoms with Crippen LogP contribution in [-0.2, 0) is 27.8 Å². The number of methoxy groups -OCH3 is 1. The van der Waals surface area contributed by atoms with E-state index in [1.807, 2.05) is 6.92 Å². The van der Waals surface area contributed by atoms with Crippen LogP contribution in [0.5, 0.6) is 0 Å². The van der Waals surface area contributed by atoms with Gasteiger partial charge in [0, 0.05) is 32.7 Å². The third kappa shape index (κ3) is 3.84. The number of rotatable bonds is 7. The average molecular weight is 346 g/mol. The molecule has 0 unspecified atom stereocenters. The summed E-state index contributed by atoms with van der Waals surface area (Å²) in [6.07, 6.45) is 1.39. The van der Waals surface area contributed by atoms with E-state index in [2.05, 4.69) is 5.10 Å². The minimum Gasteiger partial charge on any atom is -0.383 e. The molecule has 2 rings (SSSR count). The minimum atomic E-state index is -3.13. The lowest BCUT2D eigenvalue weighted by atomic mass is 9.97. The first kappa shape index (κ1) is 18.2. The summed E-state index contributed by atoms with van der Waals surface area (Å²) in [5, 5.41) is 4.47. The van der Waals surface area contributed by atoms with Crippen molar-refractivity contribution in [3.63, 3.8) is 0 Å². The molecule has 1 saturated heterocycles. The number of hydrogen-bond donors (Lipinski definition) is 0. The summed E-state index contributed by atoms with van der Waals surface area (Å²) < 4.78 is 33.5. The highest BCUT2D eigenvalue weighted by Gasteiger charge is 2.30. The van der Waals surface area contributed by atoms with Gasteiger partial charge in [-0.2, -0.15) is 5.10 Å². The predicted octanol–water partition coefficient (Wildman–Crippen LogP) is 0.240. The Hall–Kier alpha value is -1.19. The lowest BCUT2D eigenvalue weighted by Crippen LogP contribution is -2.39. The molecule has 0 aliphatic carbocycles. The van der Waals surface area contributed by atoms with E-state index >= 15 is 0 Å². The molecule has 1 aromatic rings. The fourth-order valence-corrected chi connectivity index (χ4v) is 4.09. The maximum absolute atomic E-state index is 12.3. The first-order valence-electron chi connectivity index (χ1n) is 8.08. The Morgan fingerprint density at radius 3 is 2.43 bits per heavy atom. The number of piperidine rings is 1. The molecule has 0 amide bonds. The van der Waals surface area contributed by atoms with Gasteiger partial charge in [-0.3, -0.25) is 4.57 Å². The van der Waals surface area contributed by atoms with Gasteiger partial charge in [0.1, 0.15) is 5.82 Å². The zero-order valence-electron chi connectivity index (χ0n) is 14.1. The molecular weight excluding hydrogens is 320 g/mol. The monoisotopic (exact) mass is 346 g/mol. The van der Waals surface area contributed by atoms with E-state index in [1.54, 1.807) is 22.9 Å². The van der Waals surface area contributed by atoms with Crippen LogP contribution >= 0.6 is 0 Å². The quantitative estimate of drug-likeness (QED) is 0.706. The van der Waals surface area contributed by atoms with Crippen LogP contribution in [0.15, 0.2) is 4.79 Å². The number of sulfonamides is 1. The summed E-state index contributed by atoms with van der Waals surface area (Å²) in [5.74, 6) is 1.01. The Morgan fingerprint density at radius 1 is 1.26 bits per heavy atom. The van der Waals surface area contributed by atoms with Crippen molar-refractivity contribution in [2.75, 3.05) is 32.6 Å². The predicted molar refractivity (Wildman–Crippen MR) is 87.0 cm³/mol. The van der Waals surface area contributed by atoms with Gasteiger partial charge in [-0.05, 0) is 26.7 Å². The molecule has 8 nitrogen and oxygen atoms in total. The van der Waals surface area contributed by atoms with E-state index in [1.165, 1.54) is 4.68 Å². The van der Waals surface area contributed by atoms with E-state index in [0.29, 0.717) is 45.6 Å². The molecule has 0 aromatic carbocycles. The second-order valence-electron chi connectivity index (χ2n) is 5.67. The van der Waals surface area contributed by atoms with Crippen LogP contribution in [0, 0.1) is 0 Å². The molecule has 1 fully saturated rings. The fraction of sp³-hybridized carbons (Fsp3) is 0.857. The van der Waals surface area contributed by atoms with Gasteiger partial charge in [-0.1, -0.05) is 0 Å². The van der Waals surface area contributed by atoms with E-state index in [9.17, 15) is 13.2 Å². The minimum absolute atomic E-state index is 0.120. The normalized spacial score (nSPS) is 17.7. The van der Waals surface area contributed by atoms with Gasteiger partial charge in [0.25, 0.3) is 0 Å². The highest BCUT2D eigenvalue weighted by Crippen LogP contribution is 2.27. The highest BCUT2D eigenvalue weighted by molar-refractivity contribution is 7.89. The van der Waals surface area contributed by atoms with Gasteiger partial charge < -0.3 is 4.74 Å². The van der Waals surface area contributed by atoms with Crippen LogP contribution in [0.25, 0.3) is 0 Å². The summed E-state index contributed by atoms with van der Waals surface area (Å²) in [4.78, 5) is 12.3. The van der Waals surface area contributed by atoms with Crippen LogP contribution in [0.4, 0.5) is 0 Å². The lowest BCUT2D eigenvalue weighted by Gasteiger charge is -2.30. The average Bonchev–Trinajstić information content (AvgIpc) is 2.88. The van der Waals surface area contributed by atoms with Crippen molar-refractivity contribution in [2.45, 2.75) is 45.7 Å². The molecule has 132 valence electrons. The Kier molecular flexibility index (Phi) is 5.99. The van der Waals surface area contributed by atoms with Gasteiger partial charge in [0.05, 0.1) is 18.9 Å². The largest absolute Gasteiger partial charge is 0.383 e. The summed E-state index contributed by atoms with van der Waals surface area (Å²) in [5.41, 5.74) is -0.122. The summed E-state index contributed by atoms with van der Waals surface area (Å²) in [7, 11) is -1.54. The second kappa shape index (κ2) is 7.59. The summed E-state index contributed by atoms with van der Waals surface area (Å²) in [6.45, 7) is 5.99. The van der Waals surface area contributed by atoms with Crippen molar-refractivity contribution in [3.8, 4) is 0 Å². The molecule has 1 aliphatic heterocycles. The topological polar surface area (TPSA) is 86.4 Å². The first-order chi connectivity index (χ1) is 10.9. The number of nitrogens with zero attached hydrogens (tertiary/aromatic N) is 4. The zero-order chi connectivity index (χ0) is 17.0. The van der Waals surface area contributed by atoms with E-state index in [4.69, 9.17) is 4.74 Å². The third-order valence-corrected chi connectivity index (χ3v) is 6.23. The molecule has 1 aromatic heterocycles. The molecule has 0 atom stereocenters. The molecule has 0 radical (unpaired) electrons. The van der Waals surface area contributed by atoms with Crippen LogP contribution in [0.2, 0.25) is 0 Å². The Morgan fingerprint density at radius 2 is 1.91 bits per heavy atom. The lowest BCUT2D eigenvalue weighted by molar-refractivity contribution is 0.182. The molecule has 2 heterocycles. The van der Waals surface area contributed by atoms with Gasteiger partial charge in [0.2, 0.25) is 10.0 Å². The maximum Gasteiger partial charge on any atom is 0.345 e. The van der Waals surface area contributed by atoms with E-state index in [0.717, 1.165) is 5.82 Å². The van der Waals surface area contributed by atoms with E-state index in [-0.39, 0.29) is 17.4 Å². The molecule has 0 spiro atoms. The van der Waals surface area contributed by atoms with Crippen LogP contribution in [0.1, 0.15) is 38.4 Å².